The third kappa shape index (κ3) is 4.32. The second-order valence-corrected chi connectivity index (χ2v) is 5.83. The number of rotatable bonds is 8. The monoisotopic (exact) mass is 321 g/mol. The summed E-state index contributed by atoms with van der Waals surface area (Å²) in [4.78, 5) is 23.8. The molecular weight excluding hydrogens is 302 g/mol. The fourth-order valence-electron chi connectivity index (χ4n) is 1.93. The molecule has 118 valence electrons. The van der Waals surface area contributed by atoms with E-state index in [1.54, 1.807) is 7.11 Å². The number of ether oxygens (including phenoxy) is 1. The lowest BCUT2D eigenvalue weighted by atomic mass is 10.1. The predicted octanol–water partition coefficient (Wildman–Crippen LogP) is 1.89. The number of ketones is 1. The molecule has 0 aliphatic rings. The van der Waals surface area contributed by atoms with Gasteiger partial charge in [-0.3, -0.25) is 9.36 Å². The number of hydrogen-bond acceptors (Lipinski definition) is 5. The molecule has 1 aromatic heterocycles. The first-order chi connectivity index (χ1) is 10.6. The summed E-state index contributed by atoms with van der Waals surface area (Å²) in [6.45, 7) is 3.07. The smallest absolute Gasteiger partial charge is 0.343 e. The Morgan fingerprint density at radius 1 is 1.36 bits per heavy atom. The second kappa shape index (κ2) is 7.95. The SMILES string of the molecule is COCCCn1c(SCC(=O)c2ccc(C)cc2)n[nH]c1=O. The van der Waals surface area contributed by atoms with Crippen molar-refractivity contribution in [3.63, 3.8) is 0 Å². The van der Waals surface area contributed by atoms with Crippen molar-refractivity contribution in [3.8, 4) is 0 Å². The van der Waals surface area contributed by atoms with Crippen molar-refractivity contribution < 1.29 is 9.53 Å². The largest absolute Gasteiger partial charge is 0.385 e. The van der Waals surface area contributed by atoms with Gasteiger partial charge >= 0.3 is 5.69 Å². The van der Waals surface area contributed by atoms with Crippen LogP contribution in [0.5, 0.6) is 0 Å². The number of carbonyl (C=O) groups excluding carboxylic acids is 1. The standard InChI is InChI=1S/C15H19N3O3S/c1-11-4-6-12(7-5-11)13(19)10-22-15-17-16-14(20)18(15)8-3-9-21-2/h4-7H,3,8-10H2,1-2H3,(H,16,20). The molecule has 0 amide bonds. The van der Waals surface area contributed by atoms with Crippen molar-refractivity contribution >= 4 is 17.5 Å². The van der Waals surface area contributed by atoms with Gasteiger partial charge in [0.05, 0.1) is 5.75 Å². The average molecular weight is 321 g/mol. The van der Waals surface area contributed by atoms with Gasteiger partial charge in [0, 0.05) is 25.8 Å². The van der Waals surface area contributed by atoms with Gasteiger partial charge in [-0.05, 0) is 13.3 Å². The normalized spacial score (nSPS) is 10.8. The molecule has 2 rings (SSSR count). The van der Waals surface area contributed by atoms with Gasteiger partial charge in [0.1, 0.15) is 0 Å². The van der Waals surface area contributed by atoms with Crippen LogP contribution in [0.3, 0.4) is 0 Å². The summed E-state index contributed by atoms with van der Waals surface area (Å²) in [5.74, 6) is 0.265. The molecule has 7 heteroatoms. The first-order valence-corrected chi connectivity index (χ1v) is 7.97. The number of thioether (sulfide) groups is 1. The van der Waals surface area contributed by atoms with E-state index in [0.717, 1.165) is 12.0 Å². The van der Waals surface area contributed by atoms with Crippen LogP contribution in [0.15, 0.2) is 34.2 Å². The highest BCUT2D eigenvalue weighted by molar-refractivity contribution is 7.99. The number of nitrogens with zero attached hydrogens (tertiary/aromatic N) is 2. The third-order valence-electron chi connectivity index (χ3n) is 3.16. The predicted molar refractivity (Wildman–Crippen MR) is 85.6 cm³/mol. The van der Waals surface area contributed by atoms with Crippen LogP contribution in [0.2, 0.25) is 0 Å². The van der Waals surface area contributed by atoms with E-state index in [1.807, 2.05) is 31.2 Å². The first kappa shape index (κ1) is 16.5. The van der Waals surface area contributed by atoms with Gasteiger partial charge in [-0.2, -0.15) is 0 Å². The quantitative estimate of drug-likeness (QED) is 0.456. The Morgan fingerprint density at radius 2 is 2.09 bits per heavy atom. The number of Topliss-reactive ketones (excluding diaryl/α,β-unsaturated/α-hetero) is 1. The minimum Gasteiger partial charge on any atom is -0.385 e. The van der Waals surface area contributed by atoms with E-state index in [1.165, 1.54) is 16.3 Å². The van der Waals surface area contributed by atoms with Gasteiger partial charge < -0.3 is 4.74 Å². The van der Waals surface area contributed by atoms with Gasteiger partial charge in [-0.1, -0.05) is 41.6 Å². The van der Waals surface area contributed by atoms with Crippen LogP contribution in [-0.4, -0.2) is 40.0 Å². The van der Waals surface area contributed by atoms with E-state index in [4.69, 9.17) is 4.74 Å². The number of methoxy groups -OCH3 is 1. The zero-order valence-corrected chi connectivity index (χ0v) is 13.5. The molecule has 0 spiro atoms. The molecule has 1 N–H and O–H groups in total. The number of nitrogens with one attached hydrogen (secondary N) is 1. The Bertz CT molecular complexity index is 676. The van der Waals surface area contributed by atoms with Gasteiger partial charge in [0.25, 0.3) is 0 Å². The van der Waals surface area contributed by atoms with Crippen LogP contribution >= 0.6 is 11.8 Å². The summed E-state index contributed by atoms with van der Waals surface area (Å²) in [7, 11) is 1.62. The number of H-pyrrole nitrogens is 1. The number of aryl methyl sites for hydroxylation is 1. The maximum atomic E-state index is 12.1. The molecule has 0 saturated heterocycles. The molecule has 0 fully saturated rings. The van der Waals surface area contributed by atoms with E-state index >= 15 is 0 Å². The van der Waals surface area contributed by atoms with Gasteiger partial charge in [-0.25, -0.2) is 9.89 Å². The van der Waals surface area contributed by atoms with E-state index < -0.39 is 0 Å². The van der Waals surface area contributed by atoms with E-state index in [9.17, 15) is 9.59 Å². The maximum Gasteiger partial charge on any atom is 0.343 e. The molecule has 2 aromatic rings. The number of aromatic amines is 1. The molecule has 0 atom stereocenters. The number of hydrogen-bond donors (Lipinski definition) is 1. The molecule has 1 aromatic carbocycles. The number of aromatic nitrogens is 3. The Labute approximate surface area is 132 Å². The summed E-state index contributed by atoms with van der Waals surface area (Å²) in [6.07, 6.45) is 0.718. The van der Waals surface area contributed by atoms with Gasteiger partial charge in [-0.15, -0.1) is 5.10 Å². The highest BCUT2D eigenvalue weighted by Crippen LogP contribution is 2.16. The maximum absolute atomic E-state index is 12.1. The van der Waals surface area contributed by atoms with Crippen molar-refractivity contribution in [2.75, 3.05) is 19.5 Å². The van der Waals surface area contributed by atoms with Crippen molar-refractivity contribution in [2.24, 2.45) is 0 Å². The Balaban J connectivity index is 1.97. The van der Waals surface area contributed by atoms with Crippen molar-refractivity contribution in [1.82, 2.24) is 14.8 Å². The molecule has 22 heavy (non-hydrogen) atoms. The molecule has 0 aliphatic carbocycles. The first-order valence-electron chi connectivity index (χ1n) is 6.98. The van der Waals surface area contributed by atoms with Gasteiger partial charge in [0.2, 0.25) is 0 Å². The van der Waals surface area contributed by atoms with E-state index in [2.05, 4.69) is 10.2 Å². The van der Waals surface area contributed by atoms with Crippen LogP contribution in [0.1, 0.15) is 22.3 Å². The lowest BCUT2D eigenvalue weighted by molar-refractivity contribution is 0.102. The molecule has 0 radical (unpaired) electrons. The highest BCUT2D eigenvalue weighted by atomic mass is 32.2. The molecule has 0 saturated carbocycles. The van der Waals surface area contributed by atoms with Crippen LogP contribution in [0.4, 0.5) is 0 Å². The molecule has 0 aliphatic heterocycles. The molecule has 6 nitrogen and oxygen atoms in total. The fourth-order valence-corrected chi connectivity index (χ4v) is 2.80. The topological polar surface area (TPSA) is 77.0 Å². The van der Waals surface area contributed by atoms with Crippen molar-refractivity contribution in [3.05, 3.63) is 45.9 Å². The summed E-state index contributed by atoms with van der Waals surface area (Å²) < 4.78 is 6.51. The van der Waals surface area contributed by atoms with Crippen LogP contribution in [0, 0.1) is 6.92 Å². The summed E-state index contributed by atoms with van der Waals surface area (Å²) in [6, 6.07) is 7.45. The summed E-state index contributed by atoms with van der Waals surface area (Å²) in [5.41, 5.74) is 1.52. The Morgan fingerprint density at radius 3 is 2.77 bits per heavy atom. The lowest BCUT2D eigenvalue weighted by Crippen LogP contribution is -2.18. The zero-order valence-electron chi connectivity index (χ0n) is 12.7. The molecule has 1 heterocycles. The fraction of sp³-hybridized carbons (Fsp3) is 0.400. The minimum atomic E-state index is -0.263. The van der Waals surface area contributed by atoms with Crippen molar-refractivity contribution in [2.45, 2.75) is 25.0 Å². The third-order valence-corrected chi connectivity index (χ3v) is 4.14. The average Bonchev–Trinajstić information content (AvgIpc) is 2.86. The second-order valence-electron chi connectivity index (χ2n) is 4.89. The summed E-state index contributed by atoms with van der Waals surface area (Å²) >= 11 is 1.26. The zero-order chi connectivity index (χ0) is 15.9. The van der Waals surface area contributed by atoms with Crippen LogP contribution in [0.25, 0.3) is 0 Å². The van der Waals surface area contributed by atoms with Crippen LogP contribution < -0.4 is 5.69 Å². The molecular formula is C15H19N3O3S. The molecule has 0 bridgehead atoms. The lowest BCUT2D eigenvalue weighted by Gasteiger charge is -2.05. The van der Waals surface area contributed by atoms with E-state index in [-0.39, 0.29) is 17.2 Å². The highest BCUT2D eigenvalue weighted by Gasteiger charge is 2.12. The Kier molecular flexibility index (Phi) is 5.97. The summed E-state index contributed by atoms with van der Waals surface area (Å²) in [5, 5.41) is 6.92. The molecule has 0 unspecified atom stereocenters. The van der Waals surface area contributed by atoms with Gasteiger partial charge in [0.15, 0.2) is 10.9 Å². The Hall–Kier alpha value is -1.86. The minimum absolute atomic E-state index is 0.0175. The number of benzene rings is 1. The van der Waals surface area contributed by atoms with Crippen molar-refractivity contribution in [1.29, 1.82) is 0 Å². The van der Waals surface area contributed by atoms with Crippen LogP contribution in [-0.2, 0) is 11.3 Å². The number of carbonyl (C=O) groups is 1. The van der Waals surface area contributed by atoms with E-state index in [0.29, 0.717) is 23.9 Å².